The lowest BCUT2D eigenvalue weighted by Gasteiger charge is -2.04. The van der Waals surface area contributed by atoms with Crippen LogP contribution in [0, 0.1) is 11.6 Å². The van der Waals surface area contributed by atoms with Crippen LogP contribution in [0.25, 0.3) is 11.4 Å². The Morgan fingerprint density at radius 3 is 2.63 bits per heavy atom. The zero-order valence-electron chi connectivity index (χ0n) is 10.3. The van der Waals surface area contributed by atoms with Crippen molar-refractivity contribution in [2.45, 2.75) is 12.5 Å². The van der Waals surface area contributed by atoms with Crippen LogP contribution in [0.15, 0.2) is 22.7 Å². The second-order valence-corrected chi connectivity index (χ2v) is 4.00. The van der Waals surface area contributed by atoms with Crippen molar-refractivity contribution in [1.29, 1.82) is 0 Å². The highest BCUT2D eigenvalue weighted by molar-refractivity contribution is 5.54. The molecular formula is C12H13F2N3O2. The van der Waals surface area contributed by atoms with E-state index in [0.717, 1.165) is 18.2 Å². The van der Waals surface area contributed by atoms with Crippen LogP contribution < -0.4 is 5.73 Å². The van der Waals surface area contributed by atoms with Crippen LogP contribution in [0.2, 0.25) is 0 Å². The molecule has 0 saturated carbocycles. The fourth-order valence-corrected chi connectivity index (χ4v) is 1.55. The van der Waals surface area contributed by atoms with E-state index in [4.69, 9.17) is 15.0 Å². The van der Waals surface area contributed by atoms with Gasteiger partial charge in [-0.1, -0.05) is 5.16 Å². The highest BCUT2D eigenvalue weighted by Crippen LogP contribution is 2.21. The molecule has 1 aromatic heterocycles. The van der Waals surface area contributed by atoms with Crippen LogP contribution in [-0.2, 0) is 4.74 Å². The van der Waals surface area contributed by atoms with E-state index in [1.807, 2.05) is 0 Å². The van der Waals surface area contributed by atoms with Crippen molar-refractivity contribution < 1.29 is 18.0 Å². The van der Waals surface area contributed by atoms with Gasteiger partial charge in [-0.25, -0.2) is 8.78 Å². The standard InChI is InChI=1S/C12H13F2N3O2/c1-18-3-2-10(15)12-16-11(17-19-12)7-4-8(13)6-9(14)5-7/h4-6,10H,2-3,15H2,1H3. The number of aromatic nitrogens is 2. The molecule has 0 aliphatic rings. The van der Waals surface area contributed by atoms with Gasteiger partial charge in [-0.15, -0.1) is 0 Å². The van der Waals surface area contributed by atoms with Crippen molar-refractivity contribution in [2.75, 3.05) is 13.7 Å². The van der Waals surface area contributed by atoms with Crippen LogP contribution in [-0.4, -0.2) is 23.9 Å². The Morgan fingerprint density at radius 2 is 2.00 bits per heavy atom. The monoisotopic (exact) mass is 269 g/mol. The van der Waals surface area contributed by atoms with Gasteiger partial charge < -0.3 is 15.0 Å². The molecular weight excluding hydrogens is 256 g/mol. The van der Waals surface area contributed by atoms with E-state index in [9.17, 15) is 8.78 Å². The minimum Gasteiger partial charge on any atom is -0.385 e. The molecule has 0 radical (unpaired) electrons. The minimum absolute atomic E-state index is 0.0984. The largest absolute Gasteiger partial charge is 0.385 e. The van der Waals surface area contributed by atoms with Crippen LogP contribution in [0.5, 0.6) is 0 Å². The van der Waals surface area contributed by atoms with E-state index in [1.165, 1.54) is 0 Å². The molecule has 0 saturated heterocycles. The van der Waals surface area contributed by atoms with Gasteiger partial charge in [0, 0.05) is 25.3 Å². The molecule has 5 nitrogen and oxygen atoms in total. The number of methoxy groups -OCH3 is 1. The topological polar surface area (TPSA) is 74.2 Å². The Labute approximate surface area is 108 Å². The van der Waals surface area contributed by atoms with E-state index >= 15 is 0 Å². The fraction of sp³-hybridized carbons (Fsp3) is 0.333. The summed E-state index contributed by atoms with van der Waals surface area (Å²) in [6, 6.07) is 2.55. The summed E-state index contributed by atoms with van der Waals surface area (Å²) in [6.45, 7) is 0.452. The van der Waals surface area contributed by atoms with E-state index in [2.05, 4.69) is 10.1 Å². The SMILES string of the molecule is COCCC(N)c1nc(-c2cc(F)cc(F)c2)no1. The third-order valence-corrected chi connectivity index (χ3v) is 2.51. The molecule has 0 amide bonds. The van der Waals surface area contributed by atoms with Gasteiger partial charge >= 0.3 is 0 Å². The highest BCUT2D eigenvalue weighted by atomic mass is 19.1. The van der Waals surface area contributed by atoms with Crippen molar-refractivity contribution in [2.24, 2.45) is 5.73 Å². The number of halogens is 2. The molecule has 102 valence electrons. The highest BCUT2D eigenvalue weighted by Gasteiger charge is 2.16. The summed E-state index contributed by atoms with van der Waals surface area (Å²) < 4.78 is 36.0. The molecule has 0 aliphatic heterocycles. The maximum atomic E-state index is 13.1. The van der Waals surface area contributed by atoms with Crippen LogP contribution in [0.3, 0.4) is 0 Å². The molecule has 1 aromatic carbocycles. The van der Waals surface area contributed by atoms with Gasteiger partial charge in [0.1, 0.15) is 11.6 Å². The molecule has 19 heavy (non-hydrogen) atoms. The van der Waals surface area contributed by atoms with Crippen LogP contribution in [0.1, 0.15) is 18.4 Å². The number of nitrogens with zero attached hydrogens (tertiary/aromatic N) is 2. The van der Waals surface area contributed by atoms with Crippen molar-refractivity contribution in [1.82, 2.24) is 10.1 Å². The van der Waals surface area contributed by atoms with Gasteiger partial charge in [0.15, 0.2) is 0 Å². The summed E-state index contributed by atoms with van der Waals surface area (Å²) in [5.41, 5.74) is 6.01. The minimum atomic E-state index is -0.704. The lowest BCUT2D eigenvalue weighted by Crippen LogP contribution is -2.12. The first-order valence-corrected chi connectivity index (χ1v) is 5.64. The predicted molar refractivity (Wildman–Crippen MR) is 63.1 cm³/mol. The van der Waals surface area contributed by atoms with Gasteiger partial charge in [0.2, 0.25) is 11.7 Å². The van der Waals surface area contributed by atoms with Gasteiger partial charge in [-0.05, 0) is 18.6 Å². The lowest BCUT2D eigenvalue weighted by atomic mass is 10.2. The third kappa shape index (κ3) is 3.33. The van der Waals surface area contributed by atoms with E-state index in [-0.39, 0.29) is 17.3 Å². The predicted octanol–water partition coefficient (Wildman–Crippen LogP) is 2.05. The number of hydrogen-bond acceptors (Lipinski definition) is 5. The maximum absolute atomic E-state index is 13.1. The maximum Gasteiger partial charge on any atom is 0.243 e. The van der Waals surface area contributed by atoms with Crippen LogP contribution >= 0.6 is 0 Å². The van der Waals surface area contributed by atoms with Gasteiger partial charge in [-0.2, -0.15) is 4.98 Å². The number of benzene rings is 1. The smallest absolute Gasteiger partial charge is 0.243 e. The first kappa shape index (κ1) is 13.6. The molecule has 0 bridgehead atoms. The molecule has 0 fully saturated rings. The summed E-state index contributed by atoms with van der Waals surface area (Å²) in [4.78, 5) is 4.02. The number of nitrogens with two attached hydrogens (primary N) is 1. The number of hydrogen-bond donors (Lipinski definition) is 1. The summed E-state index contributed by atoms with van der Waals surface area (Å²) >= 11 is 0. The van der Waals surface area contributed by atoms with E-state index < -0.39 is 17.7 Å². The normalized spacial score (nSPS) is 12.6. The van der Waals surface area contributed by atoms with Crippen molar-refractivity contribution in [3.63, 3.8) is 0 Å². The molecule has 1 unspecified atom stereocenters. The average Bonchev–Trinajstić information content (AvgIpc) is 2.84. The second kappa shape index (κ2) is 5.85. The van der Waals surface area contributed by atoms with Gasteiger partial charge in [-0.3, -0.25) is 0 Å². The zero-order valence-corrected chi connectivity index (χ0v) is 10.3. The quantitative estimate of drug-likeness (QED) is 0.899. The second-order valence-electron chi connectivity index (χ2n) is 4.00. The lowest BCUT2D eigenvalue weighted by molar-refractivity contribution is 0.182. The molecule has 7 heteroatoms. The van der Waals surface area contributed by atoms with Crippen molar-refractivity contribution in [3.05, 3.63) is 35.7 Å². The van der Waals surface area contributed by atoms with E-state index in [1.54, 1.807) is 7.11 Å². The number of rotatable bonds is 5. The Bertz CT molecular complexity index is 539. The van der Waals surface area contributed by atoms with Gasteiger partial charge in [0.05, 0.1) is 6.04 Å². The van der Waals surface area contributed by atoms with Crippen molar-refractivity contribution in [3.8, 4) is 11.4 Å². The van der Waals surface area contributed by atoms with E-state index in [0.29, 0.717) is 13.0 Å². The molecule has 2 rings (SSSR count). The van der Waals surface area contributed by atoms with Crippen molar-refractivity contribution >= 4 is 0 Å². The summed E-state index contributed by atoms with van der Waals surface area (Å²) in [5, 5.41) is 3.66. The Kier molecular flexibility index (Phi) is 4.18. The third-order valence-electron chi connectivity index (χ3n) is 2.51. The average molecular weight is 269 g/mol. The zero-order chi connectivity index (χ0) is 13.8. The Balaban J connectivity index is 2.20. The molecule has 2 N–H and O–H groups in total. The van der Waals surface area contributed by atoms with Gasteiger partial charge in [0.25, 0.3) is 0 Å². The molecule has 2 aromatic rings. The number of ether oxygens (including phenoxy) is 1. The first-order chi connectivity index (χ1) is 9.10. The molecule has 0 aliphatic carbocycles. The first-order valence-electron chi connectivity index (χ1n) is 5.64. The summed E-state index contributed by atoms with van der Waals surface area (Å²) in [6.07, 6.45) is 0.510. The Morgan fingerprint density at radius 1 is 1.32 bits per heavy atom. The Hall–Kier alpha value is -1.86. The summed E-state index contributed by atoms with van der Waals surface area (Å²) in [7, 11) is 1.56. The molecule has 1 heterocycles. The molecule has 0 spiro atoms. The fourth-order valence-electron chi connectivity index (χ4n) is 1.55. The van der Waals surface area contributed by atoms with Crippen LogP contribution in [0.4, 0.5) is 8.78 Å². The summed E-state index contributed by atoms with van der Waals surface area (Å²) in [5.74, 6) is -1.10. The molecule has 1 atom stereocenters.